The maximum absolute atomic E-state index is 6.02. The minimum absolute atomic E-state index is 0.338. The molecule has 2 rings (SSSR count). The Bertz CT molecular complexity index is 490. The van der Waals surface area contributed by atoms with Crippen molar-refractivity contribution < 1.29 is 0 Å². The quantitative estimate of drug-likeness (QED) is 0.419. The first-order valence-electron chi connectivity index (χ1n) is 8.01. The topological polar surface area (TPSA) is 0 Å². The third kappa shape index (κ3) is 8.62. The summed E-state index contributed by atoms with van der Waals surface area (Å²) in [6.45, 7) is 7.38. The Labute approximate surface area is 140 Å². The molecule has 0 amide bonds. The normalized spacial score (nSPS) is 11.1. The molecule has 0 aliphatic carbocycles. The van der Waals surface area contributed by atoms with E-state index in [1.807, 2.05) is 24.3 Å². The summed E-state index contributed by atoms with van der Waals surface area (Å²) in [5.41, 5.74) is 2.74. The largest absolute Gasteiger partial charge is 0.201 e. The number of halogens is 1. The second-order valence-electron chi connectivity index (χ2n) is 5.29. The first-order valence-corrected chi connectivity index (χ1v) is 8.45. The lowest BCUT2D eigenvalue weighted by molar-refractivity contribution is 0.727. The molecule has 0 aliphatic heterocycles. The smallest absolute Gasteiger partial charge is 0.123 e. The second kappa shape index (κ2) is 12.0. The highest BCUT2D eigenvalue weighted by atomic mass is 35.5. The van der Waals surface area contributed by atoms with Crippen molar-refractivity contribution in [3.05, 3.63) is 84.4 Å². The van der Waals surface area contributed by atoms with Crippen LogP contribution in [0.1, 0.15) is 37.3 Å². The molecular formula is C21H26Cl+. The van der Waals surface area contributed by atoms with Crippen LogP contribution in [0, 0.1) is 6.58 Å². The molecular weight excluding hydrogens is 288 g/mol. The summed E-state index contributed by atoms with van der Waals surface area (Å²) in [7, 11) is 0. The van der Waals surface area contributed by atoms with Gasteiger partial charge in [-0.15, -0.1) is 11.6 Å². The van der Waals surface area contributed by atoms with Crippen molar-refractivity contribution in [2.24, 2.45) is 0 Å². The van der Waals surface area contributed by atoms with E-state index >= 15 is 0 Å². The predicted octanol–water partition coefficient (Wildman–Crippen LogP) is 6.24. The molecule has 1 heteroatoms. The molecule has 0 aromatic heterocycles. The average Bonchev–Trinajstić information content (AvgIpc) is 2.60. The zero-order valence-corrected chi connectivity index (χ0v) is 14.2. The van der Waals surface area contributed by atoms with Gasteiger partial charge in [-0.25, -0.2) is 0 Å². The fourth-order valence-electron chi connectivity index (χ4n) is 2.07. The molecule has 0 radical (unpaired) electrons. The van der Waals surface area contributed by atoms with E-state index in [0.717, 1.165) is 32.1 Å². The minimum atomic E-state index is 0.338. The van der Waals surface area contributed by atoms with Crippen molar-refractivity contribution in [1.29, 1.82) is 0 Å². The summed E-state index contributed by atoms with van der Waals surface area (Å²) in [6.07, 6.45) is 6.97. The van der Waals surface area contributed by atoms with E-state index in [-0.39, 0.29) is 0 Å². The van der Waals surface area contributed by atoms with E-state index in [9.17, 15) is 0 Å². The van der Waals surface area contributed by atoms with Gasteiger partial charge < -0.3 is 0 Å². The standard InChI is InChI=1S/C11H15Cl.C10H11/c1-2-11(12)9-8-10-6-4-3-5-7-10;1-2-3-7-10-8-5-4-6-9-10/h3-7,11H,2,8-9H2,1H3;1-2,4-6,8-9H,3,7H2/q;+1. The highest BCUT2D eigenvalue weighted by Gasteiger charge is 2.00. The number of alkyl halides is 1. The van der Waals surface area contributed by atoms with Crippen molar-refractivity contribution in [3.63, 3.8) is 0 Å². The number of benzene rings is 2. The minimum Gasteiger partial charge on any atom is -0.123 e. The number of hydrogen-bond acceptors (Lipinski definition) is 0. The third-order valence-corrected chi connectivity index (χ3v) is 4.00. The van der Waals surface area contributed by atoms with E-state index in [1.54, 1.807) is 6.08 Å². The van der Waals surface area contributed by atoms with Crippen LogP contribution in [0.3, 0.4) is 0 Å². The van der Waals surface area contributed by atoms with E-state index in [0.29, 0.717) is 5.38 Å². The molecule has 0 nitrogen and oxygen atoms in total. The molecule has 0 aliphatic rings. The van der Waals surface area contributed by atoms with Crippen LogP contribution < -0.4 is 0 Å². The van der Waals surface area contributed by atoms with Gasteiger partial charge in [-0.1, -0.05) is 67.6 Å². The zero-order valence-electron chi connectivity index (χ0n) is 13.4. The molecule has 0 heterocycles. The van der Waals surface area contributed by atoms with Gasteiger partial charge >= 0.3 is 0 Å². The summed E-state index contributed by atoms with van der Waals surface area (Å²) in [6, 6.07) is 20.8. The molecule has 0 spiro atoms. The number of aryl methyl sites for hydroxylation is 2. The Balaban J connectivity index is 0.000000224. The van der Waals surface area contributed by atoms with Gasteiger partial charge in [0.2, 0.25) is 6.58 Å². The third-order valence-electron chi connectivity index (χ3n) is 3.47. The maximum atomic E-state index is 6.02. The van der Waals surface area contributed by atoms with Crippen LogP contribution >= 0.6 is 11.6 Å². The van der Waals surface area contributed by atoms with Crippen LogP contribution in [0.15, 0.2) is 66.7 Å². The van der Waals surface area contributed by atoms with Crippen molar-refractivity contribution in [2.45, 2.75) is 44.4 Å². The van der Waals surface area contributed by atoms with Crippen LogP contribution in [0.4, 0.5) is 0 Å². The Hall–Kier alpha value is -1.62. The molecule has 2 aromatic carbocycles. The average molecular weight is 314 g/mol. The van der Waals surface area contributed by atoms with Crippen molar-refractivity contribution >= 4 is 11.6 Å². The van der Waals surface area contributed by atoms with Gasteiger partial charge in [0.05, 0.1) is 0 Å². The van der Waals surface area contributed by atoms with Gasteiger partial charge in [0.25, 0.3) is 0 Å². The SMILES string of the molecule is CCC(Cl)CCc1ccccc1.[CH+]=CCCc1ccccc1. The van der Waals surface area contributed by atoms with Gasteiger partial charge in [-0.05, 0) is 36.8 Å². The Kier molecular flexibility index (Phi) is 10.0. The Morgan fingerprint density at radius 2 is 1.41 bits per heavy atom. The summed E-state index contributed by atoms with van der Waals surface area (Å²) in [5, 5.41) is 0.338. The second-order valence-corrected chi connectivity index (χ2v) is 5.91. The fraction of sp³-hybridized carbons (Fsp3) is 0.333. The van der Waals surface area contributed by atoms with Gasteiger partial charge in [-0.3, -0.25) is 0 Å². The summed E-state index contributed by atoms with van der Waals surface area (Å²) < 4.78 is 0. The highest BCUT2D eigenvalue weighted by Crippen LogP contribution is 2.11. The van der Waals surface area contributed by atoms with E-state index in [1.165, 1.54) is 11.1 Å². The fourth-order valence-corrected chi connectivity index (χ4v) is 2.18. The van der Waals surface area contributed by atoms with Crippen molar-refractivity contribution in [1.82, 2.24) is 0 Å². The van der Waals surface area contributed by atoms with E-state index in [2.05, 4.69) is 43.3 Å². The van der Waals surface area contributed by atoms with Crippen molar-refractivity contribution in [3.8, 4) is 0 Å². The van der Waals surface area contributed by atoms with Gasteiger partial charge in [-0.2, -0.15) is 0 Å². The molecule has 0 fully saturated rings. The Morgan fingerprint density at radius 3 is 1.86 bits per heavy atom. The van der Waals surface area contributed by atoms with Crippen molar-refractivity contribution in [2.75, 3.05) is 0 Å². The first-order chi connectivity index (χ1) is 10.8. The van der Waals surface area contributed by atoms with Crippen LogP contribution in [-0.4, -0.2) is 5.38 Å². The Morgan fingerprint density at radius 1 is 0.909 bits per heavy atom. The molecule has 0 N–H and O–H groups in total. The molecule has 0 saturated carbocycles. The predicted molar refractivity (Wildman–Crippen MR) is 98.3 cm³/mol. The summed E-state index contributed by atoms with van der Waals surface area (Å²) in [4.78, 5) is 0. The van der Waals surface area contributed by atoms with Crippen LogP contribution in [-0.2, 0) is 12.8 Å². The van der Waals surface area contributed by atoms with Gasteiger partial charge in [0.1, 0.15) is 0 Å². The molecule has 2 aromatic rings. The molecule has 116 valence electrons. The lowest BCUT2D eigenvalue weighted by Gasteiger charge is -2.05. The molecule has 1 atom stereocenters. The molecule has 0 bridgehead atoms. The van der Waals surface area contributed by atoms with Crippen LogP contribution in [0.25, 0.3) is 0 Å². The number of rotatable bonds is 7. The van der Waals surface area contributed by atoms with E-state index < -0.39 is 0 Å². The van der Waals surface area contributed by atoms with E-state index in [4.69, 9.17) is 18.2 Å². The van der Waals surface area contributed by atoms with Gasteiger partial charge in [0, 0.05) is 11.8 Å². The number of allylic oxidation sites excluding steroid dienone is 1. The molecule has 0 saturated heterocycles. The monoisotopic (exact) mass is 313 g/mol. The number of hydrogen-bond donors (Lipinski definition) is 0. The zero-order chi connectivity index (χ0) is 16.0. The highest BCUT2D eigenvalue weighted by molar-refractivity contribution is 6.20. The van der Waals surface area contributed by atoms with Crippen LogP contribution in [0.2, 0.25) is 0 Å². The summed E-state index contributed by atoms with van der Waals surface area (Å²) >= 11 is 6.02. The first kappa shape index (κ1) is 18.4. The molecule has 22 heavy (non-hydrogen) atoms. The molecule has 1 unspecified atom stereocenters. The summed E-state index contributed by atoms with van der Waals surface area (Å²) in [5.74, 6) is 0. The van der Waals surface area contributed by atoms with Gasteiger partial charge in [0.15, 0.2) is 6.08 Å². The van der Waals surface area contributed by atoms with Crippen LogP contribution in [0.5, 0.6) is 0 Å². The lowest BCUT2D eigenvalue weighted by atomic mass is 10.1. The lowest BCUT2D eigenvalue weighted by Crippen LogP contribution is -1.98. The maximum Gasteiger partial charge on any atom is 0.201 e.